The van der Waals surface area contributed by atoms with Gasteiger partial charge in [-0.15, -0.1) is 6.58 Å². The number of nitrogens with one attached hydrogen (secondary N) is 1. The van der Waals surface area contributed by atoms with Gasteiger partial charge in [0.2, 0.25) is 5.91 Å². The SMILES string of the molecule is C=CCN(CC(=O)N(Cc1ccccc1)Cc1ccco1)C(=O)Nc1c(Cl)cccc1Cl. The molecule has 3 amide bonds. The van der Waals surface area contributed by atoms with Crippen LogP contribution in [0.2, 0.25) is 10.0 Å². The van der Waals surface area contributed by atoms with Crippen LogP contribution in [-0.4, -0.2) is 34.8 Å². The molecule has 0 saturated carbocycles. The lowest BCUT2D eigenvalue weighted by Crippen LogP contribution is -2.44. The van der Waals surface area contributed by atoms with Crippen LogP contribution in [-0.2, 0) is 17.9 Å². The summed E-state index contributed by atoms with van der Waals surface area (Å²) in [5.74, 6) is 0.407. The molecule has 0 radical (unpaired) electrons. The molecule has 0 bridgehead atoms. The summed E-state index contributed by atoms with van der Waals surface area (Å²) in [4.78, 5) is 29.1. The van der Waals surface area contributed by atoms with E-state index in [0.717, 1.165) is 5.56 Å². The monoisotopic (exact) mass is 471 g/mol. The molecule has 8 heteroatoms. The van der Waals surface area contributed by atoms with Crippen molar-refractivity contribution in [3.63, 3.8) is 0 Å². The molecule has 0 aliphatic carbocycles. The van der Waals surface area contributed by atoms with E-state index in [1.54, 1.807) is 47.6 Å². The van der Waals surface area contributed by atoms with Crippen LogP contribution in [0.4, 0.5) is 10.5 Å². The number of amides is 3. The third-order valence-electron chi connectivity index (χ3n) is 4.65. The zero-order valence-electron chi connectivity index (χ0n) is 17.3. The first-order valence-corrected chi connectivity index (χ1v) is 10.7. The normalized spacial score (nSPS) is 10.4. The van der Waals surface area contributed by atoms with Gasteiger partial charge in [0, 0.05) is 13.1 Å². The number of halogens is 2. The van der Waals surface area contributed by atoms with Gasteiger partial charge in [-0.25, -0.2) is 4.79 Å². The van der Waals surface area contributed by atoms with Gasteiger partial charge in [-0.2, -0.15) is 0 Å². The zero-order chi connectivity index (χ0) is 22.9. The van der Waals surface area contributed by atoms with E-state index in [4.69, 9.17) is 27.6 Å². The first kappa shape index (κ1) is 23.4. The van der Waals surface area contributed by atoms with Gasteiger partial charge >= 0.3 is 6.03 Å². The Morgan fingerprint density at radius 2 is 1.66 bits per heavy atom. The Bertz CT molecular complexity index is 1040. The summed E-state index contributed by atoms with van der Waals surface area (Å²) in [6, 6.07) is 17.6. The fraction of sp³-hybridized carbons (Fsp3) is 0.167. The van der Waals surface area contributed by atoms with E-state index in [-0.39, 0.29) is 25.5 Å². The molecular formula is C24H23Cl2N3O3. The molecule has 0 fully saturated rings. The second-order valence-corrected chi connectivity index (χ2v) is 7.83. The highest BCUT2D eigenvalue weighted by Gasteiger charge is 2.23. The summed E-state index contributed by atoms with van der Waals surface area (Å²) in [5, 5.41) is 3.30. The van der Waals surface area contributed by atoms with Crippen LogP contribution in [0, 0.1) is 0 Å². The Kier molecular flexibility index (Phi) is 8.36. The van der Waals surface area contributed by atoms with Crippen LogP contribution in [0.3, 0.4) is 0 Å². The lowest BCUT2D eigenvalue weighted by atomic mass is 10.2. The highest BCUT2D eigenvalue weighted by molar-refractivity contribution is 6.39. The standard InChI is InChI=1S/C24H23Cl2N3O3/c1-2-13-28(24(31)27-23-20(25)11-6-12-21(23)26)17-22(30)29(16-19-10-7-14-32-19)15-18-8-4-3-5-9-18/h2-12,14H,1,13,15-17H2,(H,27,31). The molecule has 3 rings (SSSR count). The summed E-state index contributed by atoms with van der Waals surface area (Å²) in [7, 11) is 0. The van der Waals surface area contributed by atoms with Gasteiger partial charge in [0.15, 0.2) is 0 Å². The first-order chi connectivity index (χ1) is 15.5. The molecule has 166 valence electrons. The number of benzene rings is 2. The molecule has 0 aliphatic rings. The molecule has 2 aromatic carbocycles. The van der Waals surface area contributed by atoms with Gasteiger partial charge in [0.25, 0.3) is 0 Å². The average molecular weight is 472 g/mol. The van der Waals surface area contributed by atoms with Crippen molar-refractivity contribution in [2.24, 2.45) is 0 Å². The van der Waals surface area contributed by atoms with Gasteiger partial charge in [-0.05, 0) is 29.8 Å². The van der Waals surface area contributed by atoms with Crippen LogP contribution < -0.4 is 5.32 Å². The van der Waals surface area contributed by atoms with Crippen molar-refractivity contribution in [2.45, 2.75) is 13.1 Å². The van der Waals surface area contributed by atoms with E-state index in [1.807, 2.05) is 30.3 Å². The van der Waals surface area contributed by atoms with Crippen molar-refractivity contribution >= 4 is 40.8 Å². The molecule has 1 aromatic heterocycles. The van der Waals surface area contributed by atoms with Crippen molar-refractivity contribution in [1.29, 1.82) is 0 Å². The lowest BCUT2D eigenvalue weighted by Gasteiger charge is -2.27. The third-order valence-corrected chi connectivity index (χ3v) is 5.28. The second-order valence-electron chi connectivity index (χ2n) is 7.01. The van der Waals surface area contributed by atoms with Crippen LogP contribution in [0.1, 0.15) is 11.3 Å². The minimum Gasteiger partial charge on any atom is -0.467 e. The highest BCUT2D eigenvalue weighted by Crippen LogP contribution is 2.30. The molecule has 32 heavy (non-hydrogen) atoms. The third kappa shape index (κ3) is 6.39. The van der Waals surface area contributed by atoms with E-state index in [0.29, 0.717) is 28.0 Å². The smallest absolute Gasteiger partial charge is 0.322 e. The predicted molar refractivity (Wildman–Crippen MR) is 127 cm³/mol. The highest BCUT2D eigenvalue weighted by atomic mass is 35.5. The number of anilines is 1. The quantitative estimate of drug-likeness (QED) is 0.398. The van der Waals surface area contributed by atoms with Gasteiger partial charge in [0.05, 0.1) is 28.5 Å². The summed E-state index contributed by atoms with van der Waals surface area (Å²) in [5.41, 5.74) is 1.26. The average Bonchev–Trinajstić information content (AvgIpc) is 3.29. The van der Waals surface area contributed by atoms with Crippen LogP contribution in [0.5, 0.6) is 0 Å². The largest absolute Gasteiger partial charge is 0.467 e. The maximum absolute atomic E-state index is 13.2. The van der Waals surface area contributed by atoms with Crippen molar-refractivity contribution in [2.75, 3.05) is 18.4 Å². The Morgan fingerprint density at radius 1 is 0.938 bits per heavy atom. The van der Waals surface area contributed by atoms with Crippen molar-refractivity contribution < 1.29 is 14.0 Å². The predicted octanol–water partition coefficient (Wildman–Crippen LogP) is 5.84. The molecule has 0 unspecified atom stereocenters. The number of hydrogen-bond donors (Lipinski definition) is 1. The number of rotatable bonds is 9. The van der Waals surface area contributed by atoms with Crippen LogP contribution in [0.15, 0.2) is 84.0 Å². The van der Waals surface area contributed by atoms with Gasteiger partial charge in [-0.3, -0.25) is 4.79 Å². The number of urea groups is 1. The molecule has 1 heterocycles. The van der Waals surface area contributed by atoms with E-state index in [9.17, 15) is 9.59 Å². The van der Waals surface area contributed by atoms with Crippen LogP contribution in [0.25, 0.3) is 0 Å². The number of hydrogen-bond acceptors (Lipinski definition) is 3. The van der Waals surface area contributed by atoms with Crippen molar-refractivity contribution in [3.8, 4) is 0 Å². The fourth-order valence-electron chi connectivity index (χ4n) is 3.07. The van der Waals surface area contributed by atoms with Gasteiger partial charge in [0.1, 0.15) is 12.3 Å². The van der Waals surface area contributed by atoms with E-state index >= 15 is 0 Å². The second kappa shape index (κ2) is 11.4. The maximum Gasteiger partial charge on any atom is 0.322 e. The molecule has 0 atom stereocenters. The Balaban J connectivity index is 1.76. The zero-order valence-corrected chi connectivity index (χ0v) is 18.9. The van der Waals surface area contributed by atoms with Crippen LogP contribution >= 0.6 is 23.2 Å². The summed E-state index contributed by atoms with van der Waals surface area (Å²) >= 11 is 12.3. The minimum atomic E-state index is -0.508. The van der Waals surface area contributed by atoms with Crippen molar-refractivity contribution in [1.82, 2.24) is 9.80 Å². The van der Waals surface area contributed by atoms with E-state index < -0.39 is 6.03 Å². The Labute approximate surface area is 197 Å². The first-order valence-electron chi connectivity index (χ1n) is 9.93. The fourth-order valence-corrected chi connectivity index (χ4v) is 3.56. The lowest BCUT2D eigenvalue weighted by molar-refractivity contribution is -0.133. The number of carbonyl (C=O) groups is 2. The topological polar surface area (TPSA) is 65.8 Å². The molecule has 3 aromatic rings. The summed E-state index contributed by atoms with van der Waals surface area (Å²) in [6.45, 7) is 4.35. The summed E-state index contributed by atoms with van der Waals surface area (Å²) < 4.78 is 5.42. The molecular weight excluding hydrogens is 449 g/mol. The number of nitrogens with zero attached hydrogens (tertiary/aromatic N) is 2. The molecule has 1 N–H and O–H groups in total. The number of para-hydroxylation sites is 1. The molecule has 0 aliphatic heterocycles. The number of furan rings is 1. The number of carbonyl (C=O) groups excluding carboxylic acids is 2. The van der Waals surface area contributed by atoms with E-state index in [2.05, 4.69) is 11.9 Å². The van der Waals surface area contributed by atoms with Crippen molar-refractivity contribution in [3.05, 3.63) is 101 Å². The molecule has 0 spiro atoms. The Hall–Kier alpha value is -3.22. The Morgan fingerprint density at radius 3 is 2.28 bits per heavy atom. The minimum absolute atomic E-state index is 0.159. The summed E-state index contributed by atoms with van der Waals surface area (Å²) in [6.07, 6.45) is 3.11. The van der Waals surface area contributed by atoms with Gasteiger partial charge < -0.3 is 19.5 Å². The molecule has 6 nitrogen and oxygen atoms in total. The van der Waals surface area contributed by atoms with Gasteiger partial charge in [-0.1, -0.05) is 65.7 Å². The van der Waals surface area contributed by atoms with E-state index in [1.165, 1.54) is 4.90 Å². The molecule has 0 saturated heterocycles. The maximum atomic E-state index is 13.2.